The van der Waals surface area contributed by atoms with Crippen LogP contribution < -0.4 is 14.8 Å². The van der Waals surface area contributed by atoms with E-state index in [0.717, 1.165) is 0 Å². The fraction of sp³-hybridized carbons (Fsp3) is 0. The van der Waals surface area contributed by atoms with Crippen LogP contribution in [0.3, 0.4) is 0 Å². The average molecular weight is 920 g/mol. The summed E-state index contributed by atoms with van der Waals surface area (Å²) in [6.45, 7) is 0. The minimum Gasteiger partial charge on any atom is -0.521 e. The molecular weight excluding hydrogens is 917 g/mol. The summed E-state index contributed by atoms with van der Waals surface area (Å²) in [5.41, 5.74) is -8.18. The monoisotopic (exact) mass is 920 g/mol. The second kappa shape index (κ2) is 14.4. The van der Waals surface area contributed by atoms with E-state index in [1.165, 1.54) is 0 Å². The molecule has 63 heavy (non-hydrogen) atoms. The first-order chi connectivity index (χ1) is 29.5. The number of halogens is 22. The van der Waals surface area contributed by atoms with Gasteiger partial charge in [0.1, 0.15) is 11.6 Å². The van der Waals surface area contributed by atoms with Crippen LogP contribution in [0.25, 0.3) is 54.2 Å². The largest absolute Gasteiger partial charge is 0.636 e. The molecule has 0 radical (unpaired) electrons. The van der Waals surface area contributed by atoms with Gasteiger partial charge in [-0.1, -0.05) is 0 Å². The average Bonchev–Trinajstić information content (AvgIpc) is 3.24. The smallest absolute Gasteiger partial charge is 0.521 e. The van der Waals surface area contributed by atoms with Crippen LogP contribution >= 0.6 is 0 Å². The summed E-state index contributed by atoms with van der Waals surface area (Å²) < 4.78 is 343. The number of rotatable bonds is 6. The van der Waals surface area contributed by atoms with Gasteiger partial charge in [-0.05, 0) is 18.2 Å². The summed E-state index contributed by atoms with van der Waals surface area (Å²) in [7, 11) is -4.01. The van der Waals surface area contributed by atoms with E-state index in [2.05, 4.69) is 0 Å². The molecule has 0 unspecified atom stereocenters. The number of fused-ring (bicyclic) bond motifs is 1. The molecule has 0 aliphatic heterocycles. The molecule has 0 bridgehead atoms. The van der Waals surface area contributed by atoms with Crippen molar-refractivity contribution in [2.45, 2.75) is 0 Å². The summed E-state index contributed by atoms with van der Waals surface area (Å²) in [5, 5.41) is -15.7. The molecule has 0 saturated heterocycles. The lowest BCUT2D eigenvalue weighted by atomic mass is 9.72. The third-order valence-electron chi connectivity index (χ3n) is 9.68. The van der Waals surface area contributed by atoms with Gasteiger partial charge in [-0.2, -0.15) is 4.39 Å². The van der Waals surface area contributed by atoms with Crippen LogP contribution in [0.15, 0.2) is 18.2 Å². The van der Waals surface area contributed by atoms with Gasteiger partial charge in [-0.25, -0.2) is 92.2 Å². The molecule has 8 aromatic carbocycles. The van der Waals surface area contributed by atoms with Crippen molar-refractivity contribution in [3.8, 4) is 22.6 Å². The number of hydrogen-bond acceptors (Lipinski definition) is 2. The second-order valence-corrected chi connectivity index (χ2v) is 12.9. The minimum atomic E-state index is -4.01. The van der Waals surface area contributed by atoms with Gasteiger partial charge in [0.25, 0.3) is 0 Å². The summed E-state index contributed by atoms with van der Waals surface area (Å²) >= 11 is 0. The topological polar surface area (TPSA) is 18.5 Å². The second-order valence-electron chi connectivity index (χ2n) is 12.9. The molecule has 0 atom stereocenters. The maximum absolute atomic E-state index is 16.2. The molecule has 0 fully saturated rings. The first-order valence-corrected chi connectivity index (χ1v) is 16.3. The van der Waals surface area contributed by atoms with Crippen molar-refractivity contribution in [3.63, 3.8) is 0 Å². The fourth-order valence-corrected chi connectivity index (χ4v) is 6.96. The molecular formula is C38H3BF22O2. The Morgan fingerprint density at radius 2 is 0.667 bits per heavy atom. The van der Waals surface area contributed by atoms with Crippen molar-refractivity contribution in [3.05, 3.63) is 146 Å². The van der Waals surface area contributed by atoms with Gasteiger partial charge >= 0.3 is 7.12 Å². The van der Waals surface area contributed by atoms with Crippen LogP contribution in [0.4, 0.5) is 96.6 Å². The highest BCUT2D eigenvalue weighted by molar-refractivity contribution is 6.65. The zero-order valence-electron chi connectivity index (χ0n) is 28.9. The fourth-order valence-electron chi connectivity index (χ4n) is 6.96. The zero-order valence-corrected chi connectivity index (χ0v) is 28.9. The molecule has 2 nitrogen and oxygen atoms in total. The molecule has 0 aliphatic rings. The van der Waals surface area contributed by atoms with Gasteiger partial charge in [0.2, 0.25) is 5.82 Å². The van der Waals surface area contributed by atoms with Crippen LogP contribution in [0.1, 0.15) is 0 Å². The lowest BCUT2D eigenvalue weighted by molar-refractivity contribution is 0.378. The van der Waals surface area contributed by atoms with Crippen LogP contribution in [-0.4, -0.2) is 7.12 Å². The Kier molecular flexibility index (Phi) is 9.78. The lowest BCUT2D eigenvalue weighted by Crippen LogP contribution is -2.47. The Morgan fingerprint density at radius 3 is 1.19 bits per heavy atom. The maximum atomic E-state index is 16.2. The molecule has 0 aliphatic carbocycles. The predicted molar refractivity (Wildman–Crippen MR) is 172 cm³/mol. The summed E-state index contributed by atoms with van der Waals surface area (Å²) in [5.74, 6) is -66.8. The van der Waals surface area contributed by atoms with Crippen molar-refractivity contribution in [2.75, 3.05) is 0 Å². The third-order valence-corrected chi connectivity index (χ3v) is 9.68. The van der Waals surface area contributed by atoms with E-state index in [4.69, 9.17) is 9.31 Å². The molecule has 0 heterocycles. The van der Waals surface area contributed by atoms with Crippen LogP contribution in [0.2, 0.25) is 0 Å². The van der Waals surface area contributed by atoms with Gasteiger partial charge in [-0.3, -0.25) is 0 Å². The lowest BCUT2D eigenvalue weighted by Gasteiger charge is -2.24. The van der Waals surface area contributed by atoms with Gasteiger partial charge in [0, 0.05) is 21.7 Å². The SMILES string of the molecule is Fc1cc2c(OB(Oc3c(F)c(F)c4c(F)c(F)c5c(F)c(F)c(F)c6c(F)c(F)c3c4c56)c3c(F)c(F)c(F)c(F)c3-c3c(F)c(F)c(F)c(F)c3F)ccc(F)c2c(F)c1F. The van der Waals surface area contributed by atoms with Crippen molar-refractivity contribution in [1.29, 1.82) is 0 Å². The zero-order chi connectivity index (χ0) is 46.3. The van der Waals surface area contributed by atoms with Crippen molar-refractivity contribution >= 4 is 55.7 Å². The Balaban J connectivity index is 1.56. The number of hydrogen-bond donors (Lipinski definition) is 0. The highest BCUT2D eigenvalue weighted by atomic mass is 19.2. The molecule has 324 valence electrons. The molecule has 0 N–H and O–H groups in total. The van der Waals surface area contributed by atoms with E-state index in [9.17, 15) is 39.5 Å². The molecule has 8 aromatic rings. The van der Waals surface area contributed by atoms with E-state index in [0.29, 0.717) is 0 Å². The van der Waals surface area contributed by atoms with Crippen molar-refractivity contribution < 1.29 is 106 Å². The summed E-state index contributed by atoms with van der Waals surface area (Å²) in [6.07, 6.45) is 0. The molecule has 8 rings (SSSR count). The van der Waals surface area contributed by atoms with Gasteiger partial charge < -0.3 is 9.31 Å². The molecule has 0 spiro atoms. The molecule has 25 heteroatoms. The Bertz CT molecular complexity index is 3340. The van der Waals surface area contributed by atoms with Crippen LogP contribution in [0.5, 0.6) is 11.5 Å². The molecule has 0 saturated carbocycles. The predicted octanol–water partition coefficient (Wildman–Crippen LogP) is 12.3. The first-order valence-electron chi connectivity index (χ1n) is 16.3. The Labute approximate surface area is 330 Å². The van der Waals surface area contributed by atoms with Crippen LogP contribution in [0, 0.1) is 128 Å². The highest BCUT2D eigenvalue weighted by Gasteiger charge is 2.45. The van der Waals surface area contributed by atoms with Gasteiger partial charge in [0.15, 0.2) is 122 Å². The quantitative estimate of drug-likeness (QED) is 0.0544. The maximum Gasteiger partial charge on any atom is 0.636 e. The van der Waals surface area contributed by atoms with Crippen LogP contribution in [-0.2, 0) is 0 Å². The van der Waals surface area contributed by atoms with Gasteiger partial charge in [0.05, 0.1) is 38.0 Å². The summed E-state index contributed by atoms with van der Waals surface area (Å²) in [6, 6.07) is 0.00530. The van der Waals surface area contributed by atoms with E-state index in [1.807, 2.05) is 0 Å². The third kappa shape index (κ3) is 5.65. The molecule has 0 amide bonds. The standard InChI is InChI=1S/C38H3BF22O2/c40-5-1-2-7(4-3-6(41)18(42)19(43)8(4)5)62-39(17-11(20(44)32(56)35(59)30(17)54)15-26(50)33(57)36(60)34(58)27(15)51)63-38-16-10-9-12(21(45)22(46)14(10)28(52)37(38)61)24(48)31(55)25(49)13(9)23(47)29(16)53/h1-3H. The minimum absolute atomic E-state index is 0.0490. The van der Waals surface area contributed by atoms with E-state index in [1.54, 1.807) is 0 Å². The Hall–Kier alpha value is -6.82. The highest BCUT2D eigenvalue weighted by Crippen LogP contribution is 2.49. The van der Waals surface area contributed by atoms with Crippen molar-refractivity contribution in [1.82, 2.24) is 0 Å². The van der Waals surface area contributed by atoms with E-state index in [-0.39, 0.29) is 18.2 Å². The van der Waals surface area contributed by atoms with Crippen molar-refractivity contribution in [2.24, 2.45) is 0 Å². The normalized spacial score (nSPS) is 12.0. The van der Waals surface area contributed by atoms with Gasteiger partial charge in [-0.15, -0.1) is 0 Å². The molecule has 0 aromatic heterocycles. The summed E-state index contributed by atoms with van der Waals surface area (Å²) in [4.78, 5) is 0. The first kappa shape index (κ1) is 42.9. The van der Waals surface area contributed by atoms with E-state index >= 15 is 57.1 Å². The van der Waals surface area contributed by atoms with E-state index < -0.39 is 206 Å². The Morgan fingerprint density at radius 1 is 0.286 bits per heavy atom. The number of benzene rings is 8.